The van der Waals surface area contributed by atoms with Crippen molar-refractivity contribution in [2.45, 2.75) is 33.1 Å². The fraction of sp³-hybridized carbons (Fsp3) is 0.800. The lowest BCUT2D eigenvalue weighted by Gasteiger charge is -2.27. The van der Waals surface area contributed by atoms with Crippen molar-refractivity contribution in [3.63, 3.8) is 0 Å². The van der Waals surface area contributed by atoms with Gasteiger partial charge in [-0.1, -0.05) is 0 Å². The van der Waals surface area contributed by atoms with Gasteiger partial charge >= 0.3 is 12.1 Å². The van der Waals surface area contributed by atoms with E-state index in [1.54, 1.807) is 14.7 Å². The average Bonchev–Trinajstić information content (AvgIpc) is 2.70. The molecule has 0 aliphatic carbocycles. The second-order valence-electron chi connectivity index (χ2n) is 3.95. The summed E-state index contributed by atoms with van der Waals surface area (Å²) in [5.41, 5.74) is 0. The number of rotatable bonds is 3. The number of nitrogens with one attached hydrogen (secondary N) is 1. The Labute approximate surface area is 95.2 Å². The molecule has 0 aromatic heterocycles. The summed E-state index contributed by atoms with van der Waals surface area (Å²) in [6, 6.07) is -0.0691. The maximum Gasteiger partial charge on any atom is 0.323 e. The number of amides is 4. The lowest BCUT2D eigenvalue weighted by Crippen LogP contribution is -2.46. The fourth-order valence-electron chi connectivity index (χ4n) is 2.53. The Morgan fingerprint density at radius 1 is 1.00 bits per heavy atom. The minimum atomic E-state index is -0.190. The van der Waals surface area contributed by atoms with Crippen LogP contribution in [0.4, 0.5) is 9.59 Å². The Hall–Kier alpha value is -1.46. The molecule has 2 heterocycles. The van der Waals surface area contributed by atoms with Gasteiger partial charge in [0.05, 0.1) is 0 Å². The van der Waals surface area contributed by atoms with E-state index in [2.05, 4.69) is 5.32 Å². The van der Waals surface area contributed by atoms with Gasteiger partial charge in [0.25, 0.3) is 0 Å². The predicted molar refractivity (Wildman–Crippen MR) is 58.6 cm³/mol. The average molecular weight is 226 g/mol. The zero-order valence-corrected chi connectivity index (χ0v) is 9.93. The third-order valence-electron chi connectivity index (χ3n) is 3.30. The van der Waals surface area contributed by atoms with E-state index in [4.69, 9.17) is 0 Å². The van der Waals surface area contributed by atoms with Gasteiger partial charge in [-0.15, -0.1) is 0 Å². The van der Waals surface area contributed by atoms with Crippen LogP contribution in [0.2, 0.25) is 0 Å². The highest BCUT2D eigenvalue weighted by Crippen LogP contribution is 2.28. The summed E-state index contributed by atoms with van der Waals surface area (Å²) in [6.07, 6.45) is -0.333. The van der Waals surface area contributed by atoms with Gasteiger partial charge in [0.2, 0.25) is 0 Å². The molecule has 4 amide bonds. The van der Waals surface area contributed by atoms with Crippen LogP contribution in [-0.4, -0.2) is 58.7 Å². The summed E-state index contributed by atoms with van der Waals surface area (Å²) in [7, 11) is 0. The number of urea groups is 2. The molecule has 90 valence electrons. The molecule has 2 rings (SSSR count). The van der Waals surface area contributed by atoms with Crippen molar-refractivity contribution < 1.29 is 9.59 Å². The fourth-order valence-corrected chi connectivity index (χ4v) is 2.53. The quantitative estimate of drug-likeness (QED) is 0.760. The highest BCUT2D eigenvalue weighted by atomic mass is 16.2. The van der Waals surface area contributed by atoms with Crippen LogP contribution in [-0.2, 0) is 0 Å². The molecule has 2 saturated heterocycles. The molecule has 0 radical (unpaired) electrons. The van der Waals surface area contributed by atoms with Crippen molar-refractivity contribution in [2.24, 2.45) is 0 Å². The standard InChI is InChI=1S/C10H18N4O2/c1-4-12-7-8(14(6-3)10(12)16)13(5-2)9(15)11-7/h7-8H,4-6H2,1-3H3,(H,11,15). The van der Waals surface area contributed by atoms with Crippen LogP contribution >= 0.6 is 0 Å². The first-order chi connectivity index (χ1) is 7.65. The molecule has 0 aromatic rings. The van der Waals surface area contributed by atoms with Crippen molar-refractivity contribution >= 4 is 12.1 Å². The molecule has 1 N–H and O–H groups in total. The van der Waals surface area contributed by atoms with E-state index in [0.29, 0.717) is 19.6 Å². The number of hydrogen-bond donors (Lipinski definition) is 1. The molecule has 0 aromatic carbocycles. The summed E-state index contributed by atoms with van der Waals surface area (Å²) in [5, 5.41) is 2.86. The number of likely N-dealkylation sites (N-methyl/N-ethyl adjacent to an activating group) is 3. The van der Waals surface area contributed by atoms with E-state index in [-0.39, 0.29) is 24.4 Å². The molecule has 6 heteroatoms. The normalized spacial score (nSPS) is 28.8. The first kappa shape index (κ1) is 11.0. The highest BCUT2D eigenvalue weighted by Gasteiger charge is 2.53. The van der Waals surface area contributed by atoms with Crippen LogP contribution in [0.3, 0.4) is 0 Å². The molecule has 16 heavy (non-hydrogen) atoms. The number of hydrogen-bond acceptors (Lipinski definition) is 2. The lowest BCUT2D eigenvalue weighted by atomic mass is 10.3. The van der Waals surface area contributed by atoms with Gasteiger partial charge in [0.15, 0.2) is 0 Å². The summed E-state index contributed by atoms with van der Waals surface area (Å²) < 4.78 is 0. The maximum absolute atomic E-state index is 12.0. The zero-order valence-electron chi connectivity index (χ0n) is 9.93. The van der Waals surface area contributed by atoms with E-state index in [9.17, 15) is 9.59 Å². The maximum atomic E-state index is 12.0. The van der Waals surface area contributed by atoms with Crippen LogP contribution in [0.15, 0.2) is 0 Å². The number of carbonyl (C=O) groups is 2. The second kappa shape index (κ2) is 3.84. The second-order valence-corrected chi connectivity index (χ2v) is 3.95. The molecule has 2 aliphatic heterocycles. The van der Waals surface area contributed by atoms with Gasteiger partial charge in [-0.2, -0.15) is 0 Å². The molecular weight excluding hydrogens is 208 g/mol. The van der Waals surface area contributed by atoms with Crippen LogP contribution in [0.5, 0.6) is 0 Å². The van der Waals surface area contributed by atoms with Crippen LogP contribution in [0.1, 0.15) is 20.8 Å². The van der Waals surface area contributed by atoms with Gasteiger partial charge in [-0.3, -0.25) is 0 Å². The topological polar surface area (TPSA) is 55.9 Å². The summed E-state index contributed by atoms with van der Waals surface area (Å²) >= 11 is 0. The first-order valence-corrected chi connectivity index (χ1v) is 5.80. The minimum absolute atomic E-state index is 0.0125. The molecule has 0 bridgehead atoms. The Bertz CT molecular complexity index is 318. The highest BCUT2D eigenvalue weighted by molar-refractivity contribution is 5.85. The predicted octanol–water partition coefficient (Wildman–Crippen LogP) is 0.461. The van der Waals surface area contributed by atoms with Gasteiger partial charge in [-0.05, 0) is 20.8 Å². The Kier molecular flexibility index (Phi) is 2.65. The number of fused-ring (bicyclic) bond motifs is 1. The van der Waals surface area contributed by atoms with E-state index in [1.807, 2.05) is 20.8 Å². The third kappa shape index (κ3) is 1.25. The third-order valence-corrected chi connectivity index (χ3v) is 3.30. The van der Waals surface area contributed by atoms with Crippen molar-refractivity contribution in [1.82, 2.24) is 20.0 Å². The minimum Gasteiger partial charge on any atom is -0.314 e. The summed E-state index contributed by atoms with van der Waals surface area (Å²) in [4.78, 5) is 28.9. The van der Waals surface area contributed by atoms with E-state index >= 15 is 0 Å². The Morgan fingerprint density at radius 3 is 2.06 bits per heavy atom. The number of carbonyl (C=O) groups excluding carboxylic acids is 2. The molecule has 2 atom stereocenters. The van der Waals surface area contributed by atoms with Crippen molar-refractivity contribution in [2.75, 3.05) is 19.6 Å². The monoisotopic (exact) mass is 226 g/mol. The Morgan fingerprint density at radius 2 is 1.56 bits per heavy atom. The molecule has 0 saturated carbocycles. The Balaban J connectivity index is 2.31. The summed E-state index contributed by atoms with van der Waals surface area (Å²) in [5.74, 6) is 0. The van der Waals surface area contributed by atoms with Gasteiger partial charge in [-0.25, -0.2) is 9.59 Å². The van der Waals surface area contributed by atoms with Gasteiger partial charge in [0.1, 0.15) is 12.3 Å². The van der Waals surface area contributed by atoms with E-state index in [0.717, 1.165) is 0 Å². The van der Waals surface area contributed by atoms with Crippen LogP contribution in [0.25, 0.3) is 0 Å². The van der Waals surface area contributed by atoms with E-state index in [1.165, 1.54) is 0 Å². The molecule has 2 aliphatic rings. The van der Waals surface area contributed by atoms with Crippen molar-refractivity contribution in [3.8, 4) is 0 Å². The van der Waals surface area contributed by atoms with E-state index < -0.39 is 0 Å². The van der Waals surface area contributed by atoms with Crippen molar-refractivity contribution in [1.29, 1.82) is 0 Å². The molecule has 2 unspecified atom stereocenters. The number of nitrogens with zero attached hydrogens (tertiary/aromatic N) is 3. The molecule has 0 spiro atoms. The summed E-state index contributed by atoms with van der Waals surface area (Å²) in [6.45, 7) is 7.65. The zero-order chi connectivity index (χ0) is 11.9. The first-order valence-electron chi connectivity index (χ1n) is 5.80. The molecular formula is C10H18N4O2. The lowest BCUT2D eigenvalue weighted by molar-refractivity contribution is 0.136. The largest absolute Gasteiger partial charge is 0.323 e. The SMILES string of the molecule is CCN1C(=O)N(CC)C2C1NC(=O)N2CC. The smallest absolute Gasteiger partial charge is 0.314 e. The molecule has 2 fully saturated rings. The molecule has 6 nitrogen and oxygen atoms in total. The van der Waals surface area contributed by atoms with Gasteiger partial charge < -0.3 is 20.0 Å². The van der Waals surface area contributed by atoms with Crippen LogP contribution < -0.4 is 5.32 Å². The van der Waals surface area contributed by atoms with Gasteiger partial charge in [0, 0.05) is 19.6 Å². The van der Waals surface area contributed by atoms with Crippen LogP contribution in [0, 0.1) is 0 Å². The van der Waals surface area contributed by atoms with Crippen molar-refractivity contribution in [3.05, 3.63) is 0 Å².